The predicted molar refractivity (Wildman–Crippen MR) is 562 cm³/mol. The third-order valence-corrected chi connectivity index (χ3v) is 33.9. The summed E-state index contributed by atoms with van der Waals surface area (Å²) in [4.78, 5) is 65.3. The number of carbonyl (C=O) groups excluding carboxylic acids is 5. The van der Waals surface area contributed by atoms with E-state index < -0.39 is 64.6 Å². The van der Waals surface area contributed by atoms with Crippen molar-refractivity contribution in [1.82, 2.24) is 33.5 Å². The van der Waals surface area contributed by atoms with Gasteiger partial charge in [0.15, 0.2) is 17.3 Å². The zero-order chi connectivity index (χ0) is 105. The molecule has 10 fully saturated rings. The lowest BCUT2D eigenvalue weighted by atomic mass is 9.74. The van der Waals surface area contributed by atoms with Crippen LogP contribution in [0.25, 0.3) is 54.5 Å². The van der Waals surface area contributed by atoms with E-state index in [-0.39, 0.29) is 130 Å². The molecule has 10 aliphatic rings. The van der Waals surface area contributed by atoms with Crippen molar-refractivity contribution in [2.75, 3.05) is 46.1 Å². The number of rotatable bonds is 30. The van der Waals surface area contributed by atoms with E-state index in [9.17, 15) is 75.1 Å². The molecule has 33 heteroatoms. The fourth-order valence-corrected chi connectivity index (χ4v) is 25.8. The number of ether oxygens (including phenoxy) is 5. The third kappa shape index (κ3) is 28.5. The smallest absolute Gasteiger partial charge is 0.253 e. The Balaban J connectivity index is 0.000000131. The first kappa shape index (κ1) is 112. The van der Waals surface area contributed by atoms with Crippen LogP contribution in [-0.2, 0) is 56.4 Å². The molecule has 6 N–H and O–H groups in total. The second kappa shape index (κ2) is 48.3. The molecule has 2 amide bonds. The Kier molecular flexibility index (Phi) is 36.8. The number of aliphatic hydroxyl groups is 4. The Morgan fingerprint density at radius 3 is 1.09 bits per heavy atom. The molecule has 0 spiro atoms. The summed E-state index contributed by atoms with van der Waals surface area (Å²) in [5, 5.41) is 55.3. The molecule has 5 aromatic carbocycles. The Bertz CT molecular complexity index is 6240. The van der Waals surface area contributed by atoms with Gasteiger partial charge >= 0.3 is 0 Å². The average Bonchev–Trinajstić information content (AvgIpc) is 1.64. The van der Waals surface area contributed by atoms with Crippen molar-refractivity contribution in [1.29, 1.82) is 0 Å². The highest BCUT2D eigenvalue weighted by Crippen LogP contribution is 2.49. The number of nitrogens with zero attached hydrogens (tertiary/aromatic N) is 5. The molecule has 10 heterocycles. The molecule has 147 heavy (non-hydrogen) atoms. The van der Waals surface area contributed by atoms with Crippen molar-refractivity contribution in [2.45, 2.75) is 368 Å². The van der Waals surface area contributed by atoms with Crippen LogP contribution in [0.15, 0.2) is 122 Å². The van der Waals surface area contributed by atoms with E-state index in [1.807, 2.05) is 98.9 Å². The molecule has 802 valence electrons. The maximum Gasteiger partial charge on any atom is 0.253 e. The van der Waals surface area contributed by atoms with Crippen molar-refractivity contribution < 1.29 is 98.8 Å². The van der Waals surface area contributed by atoms with Crippen LogP contribution < -0.4 is 10.6 Å². The summed E-state index contributed by atoms with van der Waals surface area (Å²) in [6, 6.07) is 28.0. The highest BCUT2D eigenvalue weighted by atomic mass is 35.5. The lowest BCUT2D eigenvalue weighted by Crippen LogP contribution is -2.48. The molecular weight excluding hydrogens is 2000 g/mol. The van der Waals surface area contributed by atoms with Crippen LogP contribution in [0, 0.1) is 23.7 Å². The largest absolute Gasteiger partial charge is 0.390 e. The average molecular weight is 2150 g/mol. The molecule has 5 aliphatic carbocycles. The number of hydrogen-bond acceptors (Lipinski definition) is 14. The lowest BCUT2D eigenvalue weighted by molar-refractivity contribution is -0.142. The SMILES string of the molecule is CC(F)(F)C1CCCC(O)(CNC(=O)c2cn(CC3CCCO3)c3cccc(Cl)c23)C1.CC1(F)CCC(CNC(=O)c2cn(C[C@H]3CCCO3)c3cccc(Cl)c23)CC1.CC1CC(F)(F)CC(O)(CCC(=O)c2cn(CC3CCCO3)c3cccc(Cl)c23)C1.CCC1CCCC(O)(CCC(=O)c2cn(CC3CCCO3)c3cccc(Cl)c23)C1.O=C(CCC1(O)CCCC(F)(F)C1)c1cn(CC2CCCO2)c2cccc(Cl)c12. The summed E-state index contributed by atoms with van der Waals surface area (Å²) < 4.78 is 136. The van der Waals surface area contributed by atoms with Crippen LogP contribution in [0.3, 0.4) is 0 Å². The number of ketones is 3. The Morgan fingerprint density at radius 2 is 0.728 bits per heavy atom. The van der Waals surface area contributed by atoms with E-state index in [2.05, 4.69) is 26.7 Å². The molecule has 0 radical (unpaired) electrons. The summed E-state index contributed by atoms with van der Waals surface area (Å²) in [6.07, 6.45) is 29.4. The van der Waals surface area contributed by atoms with Crippen molar-refractivity contribution in [3.63, 3.8) is 0 Å². The first-order chi connectivity index (χ1) is 70.0. The minimum absolute atomic E-state index is 0.00354. The van der Waals surface area contributed by atoms with Crippen molar-refractivity contribution in [3.8, 4) is 0 Å². The fourth-order valence-electron chi connectivity index (χ4n) is 24.5. The number of amides is 2. The number of alkyl halides is 7. The normalized spacial score (nSPS) is 27.6. The van der Waals surface area contributed by atoms with Gasteiger partial charge in [0.2, 0.25) is 5.92 Å². The van der Waals surface area contributed by atoms with E-state index in [1.54, 1.807) is 50.6 Å². The monoisotopic (exact) mass is 2140 g/mol. The van der Waals surface area contributed by atoms with Crippen molar-refractivity contribution in [2.24, 2.45) is 23.7 Å². The van der Waals surface area contributed by atoms with Gasteiger partial charge in [-0.05, 0) is 253 Å². The molecule has 11 unspecified atom stereocenters. The van der Waals surface area contributed by atoms with Crippen LogP contribution >= 0.6 is 58.0 Å². The first-order valence-corrected chi connectivity index (χ1v) is 55.2. The molecule has 20 rings (SSSR count). The molecule has 12 atom stereocenters. The number of carbonyl (C=O) groups is 5. The summed E-state index contributed by atoms with van der Waals surface area (Å²) in [5.74, 6) is -9.64. The Hall–Kier alpha value is -7.65. The fraction of sp³-hybridized carbons (Fsp3) is 0.605. The zero-order valence-electron chi connectivity index (χ0n) is 84.8. The molecule has 10 aromatic rings. The van der Waals surface area contributed by atoms with Gasteiger partial charge in [-0.2, -0.15) is 0 Å². The Labute approximate surface area is 880 Å². The second-order valence-electron chi connectivity index (χ2n) is 44.3. The topological polar surface area (TPSA) is 261 Å². The van der Waals surface area contributed by atoms with Crippen molar-refractivity contribution in [3.05, 3.63) is 175 Å². The van der Waals surface area contributed by atoms with Gasteiger partial charge in [-0.25, -0.2) is 30.7 Å². The second-order valence-corrected chi connectivity index (χ2v) is 46.3. The third-order valence-electron chi connectivity index (χ3n) is 32.3. The zero-order valence-corrected chi connectivity index (χ0v) is 88.6. The number of hydrogen-bond donors (Lipinski definition) is 6. The number of Topliss-reactive ketones (excluding diaryl/α,β-unsaturated/α-hetero) is 3. The molecule has 5 aromatic heterocycles. The molecule has 5 aliphatic heterocycles. The number of nitrogens with one attached hydrogen (secondary N) is 2. The van der Waals surface area contributed by atoms with Gasteiger partial charge in [0.1, 0.15) is 5.67 Å². The summed E-state index contributed by atoms with van der Waals surface area (Å²) in [6.45, 7) is 14.2. The molecule has 5 saturated carbocycles. The summed E-state index contributed by atoms with van der Waals surface area (Å²) in [7, 11) is 0. The number of fused-ring (bicyclic) bond motifs is 5. The standard InChI is InChI=1S/C24H32ClNO3.C23H29ClF2N2O3.C23H28ClF2NO3.C22H26ClF2NO3.C22H28ClFN2O2/c1-2-17-6-4-11-24(28,14-17)12-10-22(27)19-16-26(15-18-7-5-13-29-18)21-9-3-8-20(25)23(19)21;1-22(25,26)15-5-3-9-23(30,11-15)14-27-21(29)17-13-28(12-16-6-4-10-31-16)19-8-2-7-18(24)20(17)19;1-15-10-22(29,14-23(25,26)11-15)8-7-20(28)17-13-27(12-16-4-3-9-30-16)19-6-2-5-18(24)21(17)19;23-17-5-1-6-18-20(17)16(13-26(18)12-15-4-2-11-29-15)19(27)7-10-21(28)8-3-9-22(24,25)14-21;1-22(24)9-7-15(8-10-22)12-25-21(27)17-14-26(13-16-4-3-11-28-16)19-6-2-5-18(23)20(17)19/h3,8-9,16-18,28H,2,4-7,10-15H2,1H3;2,7-8,13,15-16,30H,3-6,9-12,14H2,1H3,(H,27,29);2,5-6,13,15-16,29H,3-4,7-12,14H2,1H3;1,5-6,13,15,28H,2-4,7-12,14H2;2,5-6,14-16H,3-4,7-13H2,1H3,(H,25,27)/t;;;;15?,16-,22?/m....1/s1. The number of halogens is 12. The summed E-state index contributed by atoms with van der Waals surface area (Å²) >= 11 is 32.2. The minimum atomic E-state index is -2.89. The summed E-state index contributed by atoms with van der Waals surface area (Å²) in [5.41, 5.74) is 1.06. The van der Waals surface area contributed by atoms with Crippen LogP contribution in [-0.4, -0.2) is 195 Å². The van der Waals surface area contributed by atoms with Crippen molar-refractivity contribution >= 4 is 142 Å². The highest BCUT2D eigenvalue weighted by molar-refractivity contribution is 6.39. The van der Waals surface area contributed by atoms with Gasteiger partial charge < -0.3 is 77.6 Å². The quantitative estimate of drug-likeness (QED) is 0.0181. The number of aromatic nitrogens is 5. The van der Waals surface area contributed by atoms with Gasteiger partial charge in [-0.15, -0.1) is 0 Å². The lowest BCUT2D eigenvalue weighted by Gasteiger charge is -2.39. The first-order valence-electron chi connectivity index (χ1n) is 53.3. The van der Waals surface area contributed by atoms with E-state index in [4.69, 9.17) is 81.7 Å². The maximum atomic E-state index is 14.0. The number of benzene rings is 5. The van der Waals surface area contributed by atoms with Crippen LogP contribution in [0.5, 0.6) is 0 Å². The molecule has 21 nitrogen and oxygen atoms in total. The maximum absolute atomic E-state index is 14.0. The van der Waals surface area contributed by atoms with Crippen LogP contribution in [0.1, 0.15) is 311 Å². The molecule has 0 bridgehead atoms. The Morgan fingerprint density at radius 1 is 0.388 bits per heavy atom. The van der Waals surface area contributed by atoms with E-state index in [1.165, 1.54) is 6.42 Å². The van der Waals surface area contributed by atoms with E-state index in [0.29, 0.717) is 158 Å². The van der Waals surface area contributed by atoms with Crippen LogP contribution in [0.4, 0.5) is 30.7 Å². The predicted octanol–water partition coefficient (Wildman–Crippen LogP) is 26.7. The molecule has 5 saturated heterocycles. The van der Waals surface area contributed by atoms with Gasteiger partial charge in [0.05, 0.1) is 117 Å². The van der Waals surface area contributed by atoms with E-state index in [0.717, 1.165) is 194 Å². The molecular formula is C114H143Cl5F7N7O14. The highest BCUT2D eigenvalue weighted by Gasteiger charge is 2.50. The van der Waals surface area contributed by atoms with Gasteiger partial charge in [0.25, 0.3) is 23.7 Å². The van der Waals surface area contributed by atoms with Gasteiger partial charge in [0, 0.05) is 204 Å². The van der Waals surface area contributed by atoms with Gasteiger partial charge in [-0.3, -0.25) is 24.0 Å². The van der Waals surface area contributed by atoms with Gasteiger partial charge in [-0.1, -0.05) is 128 Å². The van der Waals surface area contributed by atoms with Crippen LogP contribution in [0.2, 0.25) is 25.1 Å². The minimum Gasteiger partial charge on any atom is -0.390 e. The van der Waals surface area contributed by atoms with E-state index >= 15 is 0 Å².